The Balaban J connectivity index is 2.40. The van der Waals surface area contributed by atoms with E-state index in [0.29, 0.717) is 13.2 Å². The fraction of sp³-hybridized carbons (Fsp3) is 0.273. The summed E-state index contributed by atoms with van der Waals surface area (Å²) < 4.78 is 5.86. The molecule has 0 radical (unpaired) electrons. The molecule has 2 nitrogen and oxygen atoms in total. The monoisotopic (exact) mass is 253 g/mol. The van der Waals surface area contributed by atoms with E-state index in [1.54, 1.807) is 7.11 Å². The van der Waals surface area contributed by atoms with Gasteiger partial charge in [0.05, 0.1) is 6.54 Å². The summed E-state index contributed by atoms with van der Waals surface area (Å²) in [7, 11) is 1.63. The highest BCUT2D eigenvalue weighted by Gasteiger charge is 1.93. The fourth-order valence-corrected chi connectivity index (χ4v) is 1.35. The van der Waals surface area contributed by atoms with Crippen LogP contribution in [0.1, 0.15) is 0 Å². The quantitative estimate of drug-likeness (QED) is 0.837. The van der Waals surface area contributed by atoms with Crippen LogP contribution < -0.4 is 5.32 Å². The van der Waals surface area contributed by atoms with Crippen molar-refractivity contribution in [2.45, 2.75) is 0 Å². The van der Waals surface area contributed by atoms with Gasteiger partial charge in [-0.1, -0.05) is 24.0 Å². The molecule has 3 heteroatoms. The van der Waals surface area contributed by atoms with Crippen LogP contribution in [0.3, 0.4) is 0 Å². The number of hydrogen-bond acceptors (Lipinski definition) is 2. The van der Waals surface area contributed by atoms with Crippen molar-refractivity contribution in [2.24, 2.45) is 0 Å². The molecule has 0 bridgehead atoms. The summed E-state index contributed by atoms with van der Waals surface area (Å²) in [5, 5.41) is 3.20. The summed E-state index contributed by atoms with van der Waals surface area (Å²) in [6, 6.07) is 7.95. The lowest BCUT2D eigenvalue weighted by molar-refractivity contribution is 0.239. The Morgan fingerprint density at radius 2 is 2.14 bits per heavy atom. The molecule has 1 aromatic carbocycles. The van der Waals surface area contributed by atoms with Crippen molar-refractivity contribution in [1.82, 2.24) is 0 Å². The van der Waals surface area contributed by atoms with Gasteiger partial charge in [0, 0.05) is 17.3 Å². The Kier molecular flexibility index (Phi) is 5.13. The summed E-state index contributed by atoms with van der Waals surface area (Å²) in [6.07, 6.45) is 0. The van der Waals surface area contributed by atoms with Gasteiger partial charge in [0.25, 0.3) is 0 Å². The predicted octanol–water partition coefficient (Wildman–Crippen LogP) is 2.51. The van der Waals surface area contributed by atoms with Gasteiger partial charge in [-0.2, -0.15) is 0 Å². The minimum Gasteiger partial charge on any atom is -0.373 e. The number of rotatable bonds is 3. The molecule has 14 heavy (non-hydrogen) atoms. The Hall–Kier alpha value is -0.980. The van der Waals surface area contributed by atoms with Crippen LogP contribution in [0.5, 0.6) is 0 Å². The van der Waals surface area contributed by atoms with E-state index < -0.39 is 0 Å². The van der Waals surface area contributed by atoms with Crippen LogP contribution in [0, 0.1) is 11.8 Å². The van der Waals surface area contributed by atoms with Gasteiger partial charge in [0.2, 0.25) is 0 Å². The summed E-state index contributed by atoms with van der Waals surface area (Å²) in [6.45, 7) is 1.11. The van der Waals surface area contributed by atoms with E-state index in [2.05, 4.69) is 33.1 Å². The number of hydrogen-bond donors (Lipinski definition) is 1. The molecule has 0 aliphatic carbocycles. The van der Waals surface area contributed by atoms with E-state index in [4.69, 9.17) is 4.74 Å². The zero-order valence-electron chi connectivity index (χ0n) is 8.01. The first-order valence-electron chi connectivity index (χ1n) is 4.27. The second-order valence-electron chi connectivity index (χ2n) is 2.62. The van der Waals surface area contributed by atoms with Gasteiger partial charge < -0.3 is 10.1 Å². The summed E-state index contributed by atoms with van der Waals surface area (Å²) in [4.78, 5) is 0. The normalized spacial score (nSPS) is 9.00. The van der Waals surface area contributed by atoms with E-state index in [1.807, 2.05) is 24.3 Å². The third-order valence-electron chi connectivity index (χ3n) is 1.58. The van der Waals surface area contributed by atoms with Crippen molar-refractivity contribution in [2.75, 3.05) is 25.6 Å². The fourth-order valence-electron chi connectivity index (χ4n) is 0.930. The van der Waals surface area contributed by atoms with E-state index >= 15 is 0 Å². The van der Waals surface area contributed by atoms with Gasteiger partial charge >= 0.3 is 0 Å². The van der Waals surface area contributed by atoms with E-state index in [9.17, 15) is 0 Å². The highest BCUT2D eigenvalue weighted by Crippen LogP contribution is 2.20. The van der Waals surface area contributed by atoms with E-state index in [-0.39, 0.29) is 0 Å². The van der Waals surface area contributed by atoms with Gasteiger partial charge in [-0.15, -0.1) is 0 Å². The molecule has 74 valence electrons. The smallest absolute Gasteiger partial charge is 0.107 e. The van der Waals surface area contributed by atoms with Crippen molar-refractivity contribution in [3.8, 4) is 11.8 Å². The number of halogens is 1. The summed E-state index contributed by atoms with van der Waals surface area (Å²) in [5.41, 5.74) is 1.05. The molecule has 1 aromatic rings. The second kappa shape index (κ2) is 6.47. The van der Waals surface area contributed by atoms with Crippen LogP contribution in [-0.4, -0.2) is 20.3 Å². The van der Waals surface area contributed by atoms with Crippen molar-refractivity contribution in [3.63, 3.8) is 0 Å². The molecule has 0 atom stereocenters. The molecule has 0 heterocycles. The lowest BCUT2D eigenvalue weighted by Gasteiger charge is -2.03. The minimum atomic E-state index is 0.484. The maximum Gasteiger partial charge on any atom is 0.107 e. The van der Waals surface area contributed by atoms with Gasteiger partial charge in [-0.05, 0) is 28.1 Å². The number of nitrogens with one attached hydrogen (secondary N) is 1. The van der Waals surface area contributed by atoms with Crippen molar-refractivity contribution >= 4 is 21.6 Å². The minimum absolute atomic E-state index is 0.484. The molecule has 0 saturated carbocycles. The molecular formula is C11H12BrNO. The molecule has 0 amide bonds. The number of ether oxygens (including phenoxy) is 1. The van der Waals surface area contributed by atoms with Crippen molar-refractivity contribution in [1.29, 1.82) is 0 Å². The van der Waals surface area contributed by atoms with Crippen LogP contribution in [0.4, 0.5) is 5.69 Å². The first kappa shape index (κ1) is 11.1. The second-order valence-corrected chi connectivity index (χ2v) is 3.47. The zero-order chi connectivity index (χ0) is 10.2. The third kappa shape index (κ3) is 3.82. The molecule has 1 rings (SSSR count). The SMILES string of the molecule is COCC#CCNc1ccccc1Br. The number of methoxy groups -OCH3 is 1. The van der Waals surface area contributed by atoms with E-state index in [0.717, 1.165) is 10.2 Å². The standard InChI is InChI=1S/C11H12BrNO/c1-14-9-5-4-8-13-11-7-3-2-6-10(11)12/h2-3,6-7,13H,8-9H2,1H3. The average Bonchev–Trinajstić information content (AvgIpc) is 2.20. The molecule has 0 spiro atoms. The Morgan fingerprint density at radius 3 is 2.86 bits per heavy atom. The average molecular weight is 254 g/mol. The first-order chi connectivity index (χ1) is 6.84. The Bertz CT molecular complexity index is 341. The van der Waals surface area contributed by atoms with Crippen LogP contribution in [0.2, 0.25) is 0 Å². The van der Waals surface area contributed by atoms with Gasteiger partial charge in [0.15, 0.2) is 0 Å². The molecule has 0 unspecified atom stereocenters. The maximum absolute atomic E-state index is 4.81. The Morgan fingerprint density at radius 1 is 1.36 bits per heavy atom. The lowest BCUT2D eigenvalue weighted by Crippen LogP contribution is -1.99. The Labute approximate surface area is 92.8 Å². The molecule has 0 aliphatic heterocycles. The number of benzene rings is 1. The first-order valence-corrected chi connectivity index (χ1v) is 5.07. The zero-order valence-corrected chi connectivity index (χ0v) is 9.60. The largest absolute Gasteiger partial charge is 0.373 e. The third-order valence-corrected chi connectivity index (χ3v) is 2.27. The predicted molar refractivity (Wildman–Crippen MR) is 62.3 cm³/mol. The molecule has 0 fully saturated rings. The molecule has 1 N–H and O–H groups in total. The van der Waals surface area contributed by atoms with E-state index in [1.165, 1.54) is 0 Å². The number of para-hydroxylation sites is 1. The van der Waals surface area contributed by atoms with Crippen LogP contribution in [0.15, 0.2) is 28.7 Å². The van der Waals surface area contributed by atoms with Crippen molar-refractivity contribution in [3.05, 3.63) is 28.7 Å². The van der Waals surface area contributed by atoms with Gasteiger partial charge in [-0.3, -0.25) is 0 Å². The maximum atomic E-state index is 4.81. The lowest BCUT2D eigenvalue weighted by atomic mass is 10.3. The van der Waals surface area contributed by atoms with Crippen LogP contribution >= 0.6 is 15.9 Å². The molecule has 0 aliphatic rings. The molecule has 0 aromatic heterocycles. The van der Waals surface area contributed by atoms with Crippen LogP contribution in [-0.2, 0) is 4.74 Å². The van der Waals surface area contributed by atoms with Gasteiger partial charge in [0.1, 0.15) is 6.61 Å². The molecular weight excluding hydrogens is 242 g/mol. The van der Waals surface area contributed by atoms with Crippen LogP contribution in [0.25, 0.3) is 0 Å². The van der Waals surface area contributed by atoms with Gasteiger partial charge in [-0.25, -0.2) is 0 Å². The summed E-state index contributed by atoms with van der Waals surface area (Å²) in [5.74, 6) is 5.83. The highest BCUT2D eigenvalue weighted by atomic mass is 79.9. The highest BCUT2D eigenvalue weighted by molar-refractivity contribution is 9.10. The topological polar surface area (TPSA) is 21.3 Å². The molecule has 0 saturated heterocycles. The summed E-state index contributed by atoms with van der Waals surface area (Å²) >= 11 is 3.44. The number of anilines is 1. The van der Waals surface area contributed by atoms with Crippen molar-refractivity contribution < 1.29 is 4.74 Å².